The summed E-state index contributed by atoms with van der Waals surface area (Å²) in [5.41, 5.74) is 5.97. The van der Waals surface area contributed by atoms with E-state index in [1.807, 2.05) is 19.9 Å². The molecule has 1 saturated heterocycles. The number of hydrogen-bond donors (Lipinski definition) is 2. The van der Waals surface area contributed by atoms with Crippen LogP contribution in [0.15, 0.2) is 21.5 Å². The summed E-state index contributed by atoms with van der Waals surface area (Å²) in [5.74, 6) is 2.42. The van der Waals surface area contributed by atoms with Gasteiger partial charge in [-0.3, -0.25) is 9.89 Å². The fraction of sp³-hybridized carbons (Fsp3) is 0.706. The van der Waals surface area contributed by atoms with Crippen molar-refractivity contribution in [3.63, 3.8) is 0 Å². The van der Waals surface area contributed by atoms with E-state index in [-0.39, 0.29) is 30.0 Å². The van der Waals surface area contributed by atoms with Crippen molar-refractivity contribution in [2.24, 2.45) is 10.7 Å². The highest BCUT2D eigenvalue weighted by Gasteiger charge is 2.25. The van der Waals surface area contributed by atoms with E-state index in [9.17, 15) is 0 Å². The van der Waals surface area contributed by atoms with E-state index in [0.717, 1.165) is 50.8 Å². The smallest absolute Gasteiger partial charge is 0.188 e. The van der Waals surface area contributed by atoms with E-state index < -0.39 is 0 Å². The fourth-order valence-electron chi connectivity index (χ4n) is 2.85. The summed E-state index contributed by atoms with van der Waals surface area (Å²) >= 11 is 0. The summed E-state index contributed by atoms with van der Waals surface area (Å²) in [6, 6.07) is 4.24. The number of nitrogens with two attached hydrogens (primary N) is 1. The zero-order chi connectivity index (χ0) is 16.5. The Morgan fingerprint density at radius 2 is 2.17 bits per heavy atom. The van der Waals surface area contributed by atoms with Gasteiger partial charge in [-0.15, -0.1) is 24.0 Å². The number of rotatable bonds is 9. The van der Waals surface area contributed by atoms with E-state index in [0.29, 0.717) is 12.5 Å². The van der Waals surface area contributed by atoms with Crippen molar-refractivity contribution in [2.45, 2.75) is 39.2 Å². The first-order chi connectivity index (χ1) is 11.2. The number of nitrogens with one attached hydrogen (secondary N) is 1. The minimum absolute atomic E-state index is 0. The highest BCUT2D eigenvalue weighted by atomic mass is 127. The predicted octanol–water partition coefficient (Wildman–Crippen LogP) is 2.67. The van der Waals surface area contributed by atoms with Crippen LogP contribution in [0.2, 0.25) is 0 Å². The molecule has 6 nitrogen and oxygen atoms in total. The molecule has 0 spiro atoms. The van der Waals surface area contributed by atoms with E-state index in [4.69, 9.17) is 14.9 Å². The molecule has 0 bridgehead atoms. The molecule has 1 aromatic heterocycles. The van der Waals surface area contributed by atoms with Gasteiger partial charge in [0.15, 0.2) is 5.96 Å². The number of ether oxygens (including phenoxy) is 1. The summed E-state index contributed by atoms with van der Waals surface area (Å²) in [5, 5.41) is 3.14. The number of likely N-dealkylation sites (tertiary alicyclic amines) is 1. The number of hydrogen-bond acceptors (Lipinski definition) is 4. The lowest BCUT2D eigenvalue weighted by Crippen LogP contribution is -2.34. The number of aliphatic imine (C=N–C) groups is 1. The molecule has 1 atom stereocenters. The summed E-state index contributed by atoms with van der Waals surface area (Å²) in [6.07, 6.45) is 3.41. The Balaban J connectivity index is 0.00000288. The largest absolute Gasteiger partial charge is 0.465 e. The van der Waals surface area contributed by atoms with Crippen LogP contribution in [0.3, 0.4) is 0 Å². The molecular formula is C17H31IN4O2. The molecule has 24 heavy (non-hydrogen) atoms. The zero-order valence-corrected chi connectivity index (χ0v) is 17.1. The van der Waals surface area contributed by atoms with Crippen LogP contribution in [-0.4, -0.2) is 50.3 Å². The van der Waals surface area contributed by atoms with Crippen molar-refractivity contribution in [3.05, 3.63) is 23.7 Å². The molecule has 1 unspecified atom stereocenters. The Morgan fingerprint density at radius 1 is 1.42 bits per heavy atom. The standard InChI is InChI=1S/C17H30N4O2.HI/c1-3-22-12-6-9-19-17(18)20-13-15(21-10-4-5-11-21)16-8-7-14(2)23-16;/h7-8,15H,3-6,9-13H2,1-2H3,(H3,18,19,20);1H. The van der Waals surface area contributed by atoms with Gasteiger partial charge in [0.25, 0.3) is 0 Å². The molecule has 138 valence electrons. The van der Waals surface area contributed by atoms with Crippen LogP contribution in [0.1, 0.15) is 43.7 Å². The molecule has 2 heterocycles. The Kier molecular flexibility index (Phi) is 10.4. The number of halogens is 1. The molecule has 0 aliphatic carbocycles. The second-order valence-corrected chi connectivity index (χ2v) is 5.91. The summed E-state index contributed by atoms with van der Waals surface area (Å²) in [7, 11) is 0. The van der Waals surface area contributed by atoms with Gasteiger partial charge in [-0.1, -0.05) is 0 Å². The van der Waals surface area contributed by atoms with Gasteiger partial charge in [0.1, 0.15) is 11.5 Å². The van der Waals surface area contributed by atoms with Crippen LogP contribution < -0.4 is 11.1 Å². The maximum absolute atomic E-state index is 5.97. The fourth-order valence-corrected chi connectivity index (χ4v) is 2.85. The van der Waals surface area contributed by atoms with Gasteiger partial charge in [-0.25, -0.2) is 0 Å². The molecule has 0 radical (unpaired) electrons. The number of furan rings is 1. The van der Waals surface area contributed by atoms with E-state index >= 15 is 0 Å². The summed E-state index contributed by atoms with van der Waals surface area (Å²) in [6.45, 7) is 9.08. The van der Waals surface area contributed by atoms with Crippen LogP contribution in [-0.2, 0) is 4.74 Å². The molecule has 2 rings (SSSR count). The second kappa shape index (κ2) is 11.7. The topological polar surface area (TPSA) is 76.0 Å². The molecule has 1 fully saturated rings. The van der Waals surface area contributed by atoms with Crippen LogP contribution in [0.4, 0.5) is 0 Å². The van der Waals surface area contributed by atoms with Gasteiger partial charge >= 0.3 is 0 Å². The van der Waals surface area contributed by atoms with E-state index in [1.165, 1.54) is 12.8 Å². The lowest BCUT2D eigenvalue weighted by atomic mass is 10.2. The average molecular weight is 450 g/mol. The van der Waals surface area contributed by atoms with Gasteiger partial charge in [-0.2, -0.15) is 0 Å². The molecule has 1 aliphatic rings. The Labute approximate surface area is 162 Å². The summed E-state index contributed by atoms with van der Waals surface area (Å²) < 4.78 is 11.1. The number of guanidine groups is 1. The lowest BCUT2D eigenvalue weighted by Gasteiger charge is -2.24. The maximum Gasteiger partial charge on any atom is 0.188 e. The van der Waals surface area contributed by atoms with E-state index in [1.54, 1.807) is 0 Å². The minimum atomic E-state index is 0. The first-order valence-electron chi connectivity index (χ1n) is 8.62. The van der Waals surface area contributed by atoms with Gasteiger partial charge < -0.3 is 20.2 Å². The third-order valence-corrected chi connectivity index (χ3v) is 4.08. The average Bonchev–Trinajstić information content (AvgIpc) is 3.20. The first-order valence-corrected chi connectivity index (χ1v) is 8.62. The highest BCUT2D eigenvalue weighted by molar-refractivity contribution is 14.0. The highest BCUT2D eigenvalue weighted by Crippen LogP contribution is 2.26. The molecule has 1 aromatic rings. The third kappa shape index (κ3) is 6.98. The second-order valence-electron chi connectivity index (χ2n) is 5.91. The Bertz CT molecular complexity index is 487. The molecule has 7 heteroatoms. The van der Waals surface area contributed by atoms with Crippen molar-refractivity contribution in [1.82, 2.24) is 10.2 Å². The molecule has 0 saturated carbocycles. The van der Waals surface area contributed by atoms with E-state index in [2.05, 4.69) is 21.3 Å². The van der Waals surface area contributed by atoms with Crippen molar-refractivity contribution >= 4 is 29.9 Å². The Morgan fingerprint density at radius 3 is 2.79 bits per heavy atom. The molecular weight excluding hydrogens is 419 g/mol. The van der Waals surface area contributed by atoms with Gasteiger partial charge in [-0.05, 0) is 58.3 Å². The van der Waals surface area contributed by atoms with Gasteiger partial charge in [0.05, 0.1) is 12.6 Å². The zero-order valence-electron chi connectivity index (χ0n) is 14.8. The number of aryl methyl sites for hydroxylation is 1. The predicted molar refractivity (Wildman–Crippen MR) is 108 cm³/mol. The van der Waals surface area contributed by atoms with Crippen molar-refractivity contribution in [2.75, 3.05) is 39.4 Å². The van der Waals surface area contributed by atoms with Crippen LogP contribution in [0, 0.1) is 6.92 Å². The number of nitrogens with zero attached hydrogens (tertiary/aromatic N) is 2. The molecule has 0 amide bonds. The van der Waals surface area contributed by atoms with Crippen molar-refractivity contribution in [1.29, 1.82) is 0 Å². The molecule has 3 N–H and O–H groups in total. The monoisotopic (exact) mass is 450 g/mol. The van der Waals surface area contributed by atoms with Crippen LogP contribution >= 0.6 is 24.0 Å². The first kappa shape index (κ1) is 21.2. The van der Waals surface area contributed by atoms with Gasteiger partial charge in [0, 0.05) is 19.8 Å². The maximum atomic E-state index is 5.97. The van der Waals surface area contributed by atoms with Crippen molar-refractivity contribution < 1.29 is 9.15 Å². The molecule has 1 aliphatic heterocycles. The van der Waals surface area contributed by atoms with Crippen LogP contribution in [0.5, 0.6) is 0 Å². The van der Waals surface area contributed by atoms with Gasteiger partial charge in [0.2, 0.25) is 0 Å². The quantitative estimate of drug-likeness (QED) is 0.262. The SMILES string of the molecule is CCOCCCNC(N)=NCC(c1ccc(C)o1)N1CCCC1.I. The Hall–Kier alpha value is -0.800. The molecule has 0 aromatic carbocycles. The normalized spacial score (nSPS) is 16.8. The minimum Gasteiger partial charge on any atom is -0.465 e. The summed E-state index contributed by atoms with van der Waals surface area (Å²) in [4.78, 5) is 6.95. The lowest BCUT2D eigenvalue weighted by molar-refractivity contribution is 0.145. The van der Waals surface area contributed by atoms with Crippen molar-refractivity contribution in [3.8, 4) is 0 Å². The van der Waals surface area contributed by atoms with Crippen LogP contribution in [0.25, 0.3) is 0 Å². The third-order valence-electron chi connectivity index (χ3n) is 4.08.